The Kier molecular flexibility index (Phi) is 5.38. The molecule has 0 spiro atoms. The van der Waals surface area contributed by atoms with Crippen molar-refractivity contribution in [3.63, 3.8) is 0 Å². The number of benzene rings is 2. The molecule has 0 unspecified atom stereocenters. The highest BCUT2D eigenvalue weighted by Crippen LogP contribution is 2.27. The van der Waals surface area contributed by atoms with E-state index in [-0.39, 0.29) is 6.10 Å². The molecule has 3 aromatic rings. The number of nitrogens with one attached hydrogen (secondary N) is 1. The number of nitrogens with zero attached hydrogens (tertiary/aromatic N) is 4. The predicted octanol–water partition coefficient (Wildman–Crippen LogP) is 3.56. The first-order valence-corrected chi connectivity index (χ1v) is 10.6. The fourth-order valence-electron chi connectivity index (χ4n) is 4.03. The highest BCUT2D eigenvalue weighted by atomic mass is 16.5. The van der Waals surface area contributed by atoms with Crippen LogP contribution in [0, 0.1) is 6.92 Å². The molecule has 2 aliphatic heterocycles. The highest BCUT2D eigenvalue weighted by Gasteiger charge is 2.30. The normalized spacial score (nSPS) is 18.2. The summed E-state index contributed by atoms with van der Waals surface area (Å²) in [6.07, 6.45) is 4.07. The van der Waals surface area contributed by atoms with E-state index in [2.05, 4.69) is 39.4 Å². The third-order valence-corrected chi connectivity index (χ3v) is 5.74. The fourth-order valence-corrected chi connectivity index (χ4v) is 4.03. The van der Waals surface area contributed by atoms with Gasteiger partial charge >= 0.3 is 0 Å². The number of aromatic nitrogens is 3. The molecule has 0 aliphatic carbocycles. The summed E-state index contributed by atoms with van der Waals surface area (Å²) in [4.78, 5) is 6.91. The quantitative estimate of drug-likeness (QED) is 0.677. The molecule has 2 saturated heterocycles. The first kappa shape index (κ1) is 19.1. The second kappa shape index (κ2) is 8.45. The number of likely N-dealkylation sites (tertiary alicyclic amines) is 1. The van der Waals surface area contributed by atoms with E-state index in [1.54, 1.807) is 11.0 Å². The molecule has 0 amide bonds. The minimum absolute atomic E-state index is 0.257. The van der Waals surface area contributed by atoms with Crippen molar-refractivity contribution in [2.75, 3.05) is 31.6 Å². The van der Waals surface area contributed by atoms with Crippen LogP contribution in [0.2, 0.25) is 0 Å². The molecule has 30 heavy (non-hydrogen) atoms. The summed E-state index contributed by atoms with van der Waals surface area (Å²) in [6.45, 7) is 6.00. The summed E-state index contributed by atoms with van der Waals surface area (Å²) in [5.74, 6) is 1.46. The van der Waals surface area contributed by atoms with Crippen molar-refractivity contribution in [3.8, 4) is 11.4 Å². The first-order chi connectivity index (χ1) is 14.7. The third kappa shape index (κ3) is 4.32. The standard InChI is InChI=1S/C23H27N5O2/c1-17-11-18(25-23-24-16-28(26-23)19-5-3-2-4-6-19)13-22(12-17)30-21-7-9-27(10-8-21)20-14-29-15-20/h2-6,11-13,16,20-21H,7-10,14-15H2,1H3,(H,25,26). The zero-order valence-corrected chi connectivity index (χ0v) is 17.2. The molecular formula is C23H27N5O2. The molecule has 0 saturated carbocycles. The number of anilines is 2. The van der Waals surface area contributed by atoms with Crippen molar-refractivity contribution in [1.29, 1.82) is 0 Å². The number of rotatable bonds is 6. The van der Waals surface area contributed by atoms with Crippen LogP contribution in [-0.4, -0.2) is 58.1 Å². The van der Waals surface area contributed by atoms with E-state index in [0.717, 1.165) is 61.8 Å². The van der Waals surface area contributed by atoms with Gasteiger partial charge in [0.05, 0.1) is 24.9 Å². The minimum Gasteiger partial charge on any atom is -0.490 e. The van der Waals surface area contributed by atoms with Crippen LogP contribution in [0.15, 0.2) is 54.9 Å². The molecule has 0 atom stereocenters. The third-order valence-electron chi connectivity index (χ3n) is 5.74. The van der Waals surface area contributed by atoms with Crippen LogP contribution in [0.5, 0.6) is 5.75 Å². The second-order valence-electron chi connectivity index (χ2n) is 8.05. The summed E-state index contributed by atoms with van der Waals surface area (Å²) < 4.78 is 13.4. The average molecular weight is 406 g/mol. The number of hydrogen-bond donors (Lipinski definition) is 1. The summed E-state index contributed by atoms with van der Waals surface area (Å²) in [7, 11) is 0. The van der Waals surface area contributed by atoms with Crippen LogP contribution in [0.1, 0.15) is 18.4 Å². The van der Waals surface area contributed by atoms with E-state index in [1.165, 1.54) is 0 Å². The van der Waals surface area contributed by atoms with Gasteiger partial charge in [0.1, 0.15) is 18.2 Å². The van der Waals surface area contributed by atoms with Gasteiger partial charge in [-0.25, -0.2) is 4.68 Å². The van der Waals surface area contributed by atoms with Gasteiger partial charge in [-0.2, -0.15) is 4.98 Å². The van der Waals surface area contributed by atoms with Gasteiger partial charge in [0.2, 0.25) is 5.95 Å². The summed E-state index contributed by atoms with van der Waals surface area (Å²) in [5, 5.41) is 7.83. The Balaban J connectivity index is 1.22. The zero-order valence-electron chi connectivity index (χ0n) is 17.2. The molecular weight excluding hydrogens is 378 g/mol. The van der Waals surface area contributed by atoms with Gasteiger partial charge in [-0.3, -0.25) is 4.90 Å². The van der Waals surface area contributed by atoms with Gasteiger partial charge < -0.3 is 14.8 Å². The highest BCUT2D eigenvalue weighted by molar-refractivity contribution is 5.57. The molecule has 7 nitrogen and oxygen atoms in total. The lowest BCUT2D eigenvalue weighted by Gasteiger charge is -2.41. The van der Waals surface area contributed by atoms with Crippen LogP contribution >= 0.6 is 0 Å². The van der Waals surface area contributed by atoms with Crippen molar-refractivity contribution in [2.45, 2.75) is 31.9 Å². The number of piperidine rings is 1. The maximum Gasteiger partial charge on any atom is 0.246 e. The van der Waals surface area contributed by atoms with Crippen molar-refractivity contribution in [1.82, 2.24) is 19.7 Å². The Morgan fingerprint density at radius 3 is 2.60 bits per heavy atom. The van der Waals surface area contributed by atoms with Crippen molar-refractivity contribution in [2.24, 2.45) is 0 Å². The summed E-state index contributed by atoms with van der Waals surface area (Å²) in [5.41, 5.74) is 3.05. The Hall–Kier alpha value is -2.90. The molecule has 2 aliphatic rings. The lowest BCUT2D eigenvalue weighted by atomic mass is 10.0. The zero-order chi connectivity index (χ0) is 20.3. The monoisotopic (exact) mass is 405 g/mol. The lowest BCUT2D eigenvalue weighted by molar-refractivity contribution is -0.0778. The number of aryl methyl sites for hydroxylation is 1. The van der Waals surface area contributed by atoms with Gasteiger partial charge in [-0.05, 0) is 49.6 Å². The molecule has 1 N–H and O–H groups in total. The van der Waals surface area contributed by atoms with Crippen molar-refractivity contribution in [3.05, 3.63) is 60.4 Å². The Morgan fingerprint density at radius 2 is 1.87 bits per heavy atom. The van der Waals surface area contributed by atoms with Crippen LogP contribution < -0.4 is 10.1 Å². The predicted molar refractivity (Wildman–Crippen MR) is 116 cm³/mol. The van der Waals surface area contributed by atoms with Crippen molar-refractivity contribution >= 4 is 11.6 Å². The number of para-hydroxylation sites is 1. The first-order valence-electron chi connectivity index (χ1n) is 10.6. The van der Waals surface area contributed by atoms with E-state index in [1.807, 2.05) is 36.4 Å². The molecule has 156 valence electrons. The molecule has 5 rings (SSSR count). The molecule has 2 fully saturated rings. The topological polar surface area (TPSA) is 64.4 Å². The molecule has 1 aromatic heterocycles. The Morgan fingerprint density at radius 1 is 1.07 bits per heavy atom. The second-order valence-corrected chi connectivity index (χ2v) is 8.05. The number of hydrogen-bond acceptors (Lipinski definition) is 6. The van der Waals surface area contributed by atoms with E-state index in [9.17, 15) is 0 Å². The van der Waals surface area contributed by atoms with Crippen LogP contribution in [0.4, 0.5) is 11.6 Å². The van der Waals surface area contributed by atoms with Gasteiger partial charge in [0, 0.05) is 24.8 Å². The Bertz CT molecular complexity index is 978. The van der Waals surface area contributed by atoms with Crippen LogP contribution in [0.3, 0.4) is 0 Å². The molecule has 2 aromatic carbocycles. The average Bonchev–Trinajstić information content (AvgIpc) is 3.17. The van der Waals surface area contributed by atoms with Crippen LogP contribution in [0.25, 0.3) is 5.69 Å². The van der Waals surface area contributed by atoms with E-state index in [0.29, 0.717) is 12.0 Å². The van der Waals surface area contributed by atoms with Gasteiger partial charge in [-0.1, -0.05) is 18.2 Å². The SMILES string of the molecule is Cc1cc(Nc2ncn(-c3ccccc3)n2)cc(OC2CCN(C3COC3)CC2)c1. The smallest absolute Gasteiger partial charge is 0.246 e. The van der Waals surface area contributed by atoms with Crippen LogP contribution in [-0.2, 0) is 4.74 Å². The molecule has 0 radical (unpaired) electrons. The van der Waals surface area contributed by atoms with Gasteiger partial charge in [0.15, 0.2) is 0 Å². The maximum atomic E-state index is 6.32. The minimum atomic E-state index is 0.257. The fraction of sp³-hybridized carbons (Fsp3) is 0.391. The summed E-state index contributed by atoms with van der Waals surface area (Å²) in [6, 6.07) is 16.8. The van der Waals surface area contributed by atoms with E-state index in [4.69, 9.17) is 9.47 Å². The lowest BCUT2D eigenvalue weighted by Crippen LogP contribution is -2.52. The van der Waals surface area contributed by atoms with E-state index >= 15 is 0 Å². The van der Waals surface area contributed by atoms with Gasteiger partial charge in [0.25, 0.3) is 0 Å². The molecule has 7 heteroatoms. The largest absolute Gasteiger partial charge is 0.490 e. The molecule has 3 heterocycles. The number of ether oxygens (including phenoxy) is 2. The Labute approximate surface area is 176 Å². The maximum absolute atomic E-state index is 6.32. The van der Waals surface area contributed by atoms with Crippen molar-refractivity contribution < 1.29 is 9.47 Å². The van der Waals surface area contributed by atoms with Gasteiger partial charge in [-0.15, -0.1) is 5.10 Å². The molecule has 0 bridgehead atoms. The summed E-state index contributed by atoms with van der Waals surface area (Å²) >= 11 is 0. The van der Waals surface area contributed by atoms with E-state index < -0.39 is 0 Å².